The molecule has 0 fully saturated rings. The minimum Gasteiger partial charge on any atom is -0.398 e. The van der Waals surface area contributed by atoms with Crippen LogP contribution in [0.2, 0.25) is 0 Å². The minimum atomic E-state index is 0.325. The number of hydrogen-bond donors (Lipinski definition) is 0. The Bertz CT molecular complexity index is 306. The zero-order valence-electron chi connectivity index (χ0n) is 7.27. The molecule has 2 nitrogen and oxygen atoms in total. The summed E-state index contributed by atoms with van der Waals surface area (Å²) >= 11 is 5.67. The second-order valence-corrected chi connectivity index (χ2v) is 2.73. The van der Waals surface area contributed by atoms with Crippen molar-refractivity contribution in [3.63, 3.8) is 0 Å². The van der Waals surface area contributed by atoms with Gasteiger partial charge in [0.25, 0.3) is 0 Å². The number of nitrogens with zero attached hydrogens (tertiary/aromatic N) is 1. The predicted octanol–water partition coefficient (Wildman–Crippen LogP) is 2.90. The van der Waals surface area contributed by atoms with Gasteiger partial charge in [-0.25, -0.2) is 0 Å². The Morgan fingerprint density at radius 3 is 2.69 bits per heavy atom. The Balaban J connectivity index is 2.64. The van der Waals surface area contributed by atoms with Crippen LogP contribution in [-0.2, 0) is 4.84 Å². The SMILES string of the molecule is CO/N=C(Cl)/C=C/c1ccccc1. The summed E-state index contributed by atoms with van der Waals surface area (Å²) in [5.41, 5.74) is 1.08. The van der Waals surface area contributed by atoms with Gasteiger partial charge < -0.3 is 4.84 Å². The molecule has 0 N–H and O–H groups in total. The monoisotopic (exact) mass is 195 g/mol. The Morgan fingerprint density at radius 1 is 1.38 bits per heavy atom. The van der Waals surface area contributed by atoms with Crippen molar-refractivity contribution in [2.75, 3.05) is 7.11 Å². The molecule has 0 atom stereocenters. The van der Waals surface area contributed by atoms with Crippen LogP contribution in [0.5, 0.6) is 0 Å². The number of benzene rings is 1. The highest BCUT2D eigenvalue weighted by molar-refractivity contribution is 6.68. The van der Waals surface area contributed by atoms with E-state index in [1.54, 1.807) is 6.08 Å². The van der Waals surface area contributed by atoms with Gasteiger partial charge in [-0.2, -0.15) is 0 Å². The van der Waals surface area contributed by atoms with E-state index < -0.39 is 0 Å². The fourth-order valence-electron chi connectivity index (χ4n) is 0.847. The van der Waals surface area contributed by atoms with E-state index in [-0.39, 0.29) is 0 Å². The molecule has 0 unspecified atom stereocenters. The van der Waals surface area contributed by atoms with Crippen LogP contribution in [0, 0.1) is 0 Å². The lowest BCUT2D eigenvalue weighted by atomic mass is 10.2. The van der Waals surface area contributed by atoms with Crippen molar-refractivity contribution in [2.45, 2.75) is 0 Å². The van der Waals surface area contributed by atoms with E-state index in [0.29, 0.717) is 5.17 Å². The van der Waals surface area contributed by atoms with Gasteiger partial charge in [-0.15, -0.1) is 0 Å². The zero-order chi connectivity index (χ0) is 9.52. The van der Waals surface area contributed by atoms with E-state index in [1.807, 2.05) is 36.4 Å². The fraction of sp³-hybridized carbons (Fsp3) is 0.100. The number of allylic oxidation sites excluding steroid dienone is 1. The molecule has 0 heterocycles. The summed E-state index contributed by atoms with van der Waals surface area (Å²) in [6.45, 7) is 0. The summed E-state index contributed by atoms with van der Waals surface area (Å²) in [7, 11) is 1.46. The van der Waals surface area contributed by atoms with Crippen molar-refractivity contribution in [3.8, 4) is 0 Å². The van der Waals surface area contributed by atoms with Gasteiger partial charge in [0.05, 0.1) is 0 Å². The molecule has 0 aliphatic heterocycles. The average molecular weight is 196 g/mol. The largest absolute Gasteiger partial charge is 0.398 e. The van der Waals surface area contributed by atoms with E-state index in [0.717, 1.165) is 5.56 Å². The Labute approximate surface area is 82.5 Å². The third kappa shape index (κ3) is 3.76. The Kier molecular flexibility index (Phi) is 4.06. The molecule has 0 amide bonds. The first-order valence-electron chi connectivity index (χ1n) is 3.82. The van der Waals surface area contributed by atoms with Crippen molar-refractivity contribution in [1.82, 2.24) is 0 Å². The van der Waals surface area contributed by atoms with Gasteiger partial charge in [-0.1, -0.05) is 53.2 Å². The maximum absolute atomic E-state index is 5.67. The average Bonchev–Trinajstić information content (AvgIpc) is 2.17. The quantitative estimate of drug-likeness (QED) is 0.537. The summed E-state index contributed by atoms with van der Waals surface area (Å²) < 4.78 is 0. The van der Waals surface area contributed by atoms with Gasteiger partial charge in [0.1, 0.15) is 7.11 Å². The molecule has 3 heteroatoms. The van der Waals surface area contributed by atoms with Gasteiger partial charge in [-0.3, -0.25) is 0 Å². The molecule has 0 aliphatic rings. The second-order valence-electron chi connectivity index (χ2n) is 2.34. The Morgan fingerprint density at radius 2 is 2.08 bits per heavy atom. The summed E-state index contributed by atoms with van der Waals surface area (Å²) in [6.07, 6.45) is 3.55. The van der Waals surface area contributed by atoms with Crippen molar-refractivity contribution in [3.05, 3.63) is 42.0 Å². The first kappa shape index (κ1) is 9.81. The molecule has 0 aliphatic carbocycles. The van der Waals surface area contributed by atoms with E-state index in [1.165, 1.54) is 7.11 Å². The van der Waals surface area contributed by atoms with Crippen LogP contribution in [0.15, 0.2) is 41.6 Å². The van der Waals surface area contributed by atoms with E-state index >= 15 is 0 Å². The maximum atomic E-state index is 5.67. The third-order valence-corrected chi connectivity index (χ3v) is 1.59. The lowest BCUT2D eigenvalue weighted by Crippen LogP contribution is -1.80. The van der Waals surface area contributed by atoms with Crippen LogP contribution in [0.25, 0.3) is 6.08 Å². The molecule has 0 aromatic heterocycles. The lowest BCUT2D eigenvalue weighted by Gasteiger charge is -1.90. The van der Waals surface area contributed by atoms with Crippen LogP contribution in [0.4, 0.5) is 0 Å². The van der Waals surface area contributed by atoms with Gasteiger partial charge in [0, 0.05) is 0 Å². The van der Waals surface area contributed by atoms with Gasteiger partial charge in [-0.05, 0) is 11.6 Å². The van der Waals surface area contributed by atoms with Crippen molar-refractivity contribution in [1.29, 1.82) is 0 Å². The molecule has 0 spiro atoms. The normalized spacial score (nSPS) is 12.0. The number of halogens is 1. The molecule has 0 radical (unpaired) electrons. The molecule has 0 bridgehead atoms. The predicted molar refractivity (Wildman–Crippen MR) is 55.8 cm³/mol. The standard InChI is InChI=1S/C10H10ClNO/c1-13-12-10(11)8-7-9-5-3-2-4-6-9/h2-8H,1H3/b8-7+,12-10-. The zero-order valence-corrected chi connectivity index (χ0v) is 8.03. The first-order valence-corrected chi connectivity index (χ1v) is 4.20. The van der Waals surface area contributed by atoms with Crippen molar-refractivity contribution in [2.24, 2.45) is 5.16 Å². The van der Waals surface area contributed by atoms with Gasteiger partial charge in [0.2, 0.25) is 0 Å². The van der Waals surface area contributed by atoms with Crippen molar-refractivity contribution >= 4 is 22.8 Å². The first-order chi connectivity index (χ1) is 6.33. The summed E-state index contributed by atoms with van der Waals surface area (Å²) in [5.74, 6) is 0. The molecular formula is C10H10ClNO. The molecule has 0 saturated heterocycles. The van der Waals surface area contributed by atoms with Crippen LogP contribution in [-0.4, -0.2) is 12.3 Å². The Hall–Kier alpha value is -1.28. The van der Waals surface area contributed by atoms with E-state index in [4.69, 9.17) is 11.6 Å². The number of hydrogen-bond acceptors (Lipinski definition) is 2. The van der Waals surface area contributed by atoms with Crippen LogP contribution in [0.3, 0.4) is 0 Å². The molecule has 1 aromatic rings. The van der Waals surface area contributed by atoms with Gasteiger partial charge in [0.15, 0.2) is 5.17 Å². The van der Waals surface area contributed by atoms with E-state index in [2.05, 4.69) is 9.99 Å². The summed E-state index contributed by atoms with van der Waals surface area (Å²) in [5, 5.41) is 3.86. The highest BCUT2D eigenvalue weighted by Crippen LogP contribution is 2.02. The smallest absolute Gasteiger partial charge is 0.168 e. The molecule has 1 aromatic carbocycles. The van der Waals surface area contributed by atoms with Crippen molar-refractivity contribution < 1.29 is 4.84 Å². The summed E-state index contributed by atoms with van der Waals surface area (Å²) in [4.78, 5) is 4.50. The maximum Gasteiger partial charge on any atom is 0.168 e. The van der Waals surface area contributed by atoms with Gasteiger partial charge >= 0.3 is 0 Å². The third-order valence-electron chi connectivity index (χ3n) is 1.39. The molecule has 0 saturated carbocycles. The number of oxime groups is 1. The number of rotatable bonds is 3. The molecule has 68 valence electrons. The van der Waals surface area contributed by atoms with E-state index in [9.17, 15) is 0 Å². The highest BCUT2D eigenvalue weighted by Gasteiger charge is 1.87. The molecule has 13 heavy (non-hydrogen) atoms. The molecular weight excluding hydrogens is 186 g/mol. The van der Waals surface area contributed by atoms with Crippen LogP contribution < -0.4 is 0 Å². The topological polar surface area (TPSA) is 21.6 Å². The minimum absolute atomic E-state index is 0.325. The second kappa shape index (κ2) is 5.38. The van der Waals surface area contributed by atoms with Crippen LogP contribution >= 0.6 is 11.6 Å². The molecule has 1 rings (SSSR count). The highest BCUT2D eigenvalue weighted by atomic mass is 35.5. The van der Waals surface area contributed by atoms with Crippen LogP contribution in [0.1, 0.15) is 5.56 Å². The lowest BCUT2D eigenvalue weighted by molar-refractivity contribution is 0.215. The fourth-order valence-corrected chi connectivity index (χ4v) is 0.979. The summed E-state index contributed by atoms with van der Waals surface area (Å²) in [6, 6.07) is 9.84.